The van der Waals surface area contributed by atoms with Gasteiger partial charge in [0.25, 0.3) is 5.69 Å². The predicted molar refractivity (Wildman–Crippen MR) is 68.8 cm³/mol. The molecule has 1 saturated heterocycles. The molecule has 2 rings (SSSR count). The van der Waals surface area contributed by atoms with E-state index in [0.717, 1.165) is 0 Å². The van der Waals surface area contributed by atoms with Crippen LogP contribution in [0.1, 0.15) is 6.42 Å². The summed E-state index contributed by atoms with van der Waals surface area (Å²) < 4.78 is 22.6. The Morgan fingerprint density at radius 1 is 1.44 bits per heavy atom. The molecule has 0 spiro atoms. The molecule has 18 heavy (non-hydrogen) atoms. The molecule has 0 amide bonds. The van der Waals surface area contributed by atoms with Crippen LogP contribution in [0.15, 0.2) is 18.2 Å². The number of nitrogens with zero attached hydrogens (tertiary/aromatic N) is 1. The van der Waals surface area contributed by atoms with Crippen molar-refractivity contribution in [1.82, 2.24) is 0 Å². The number of rotatable bonds is 3. The van der Waals surface area contributed by atoms with Gasteiger partial charge in [0, 0.05) is 17.8 Å². The molecular formula is C10H11ClN2O4S. The highest BCUT2D eigenvalue weighted by Crippen LogP contribution is 2.28. The smallest absolute Gasteiger partial charge is 0.289 e. The van der Waals surface area contributed by atoms with Crippen molar-refractivity contribution in [2.24, 2.45) is 0 Å². The monoisotopic (exact) mass is 290 g/mol. The lowest BCUT2D eigenvalue weighted by molar-refractivity contribution is -0.384. The first-order valence-electron chi connectivity index (χ1n) is 5.28. The number of sulfone groups is 1. The summed E-state index contributed by atoms with van der Waals surface area (Å²) >= 11 is 5.69. The van der Waals surface area contributed by atoms with Gasteiger partial charge in [-0.05, 0) is 18.6 Å². The van der Waals surface area contributed by atoms with Gasteiger partial charge in [0.2, 0.25) is 0 Å². The molecular weight excluding hydrogens is 280 g/mol. The number of nitro groups is 1. The van der Waals surface area contributed by atoms with Crippen LogP contribution in [-0.2, 0) is 9.84 Å². The minimum absolute atomic E-state index is 0.0590. The van der Waals surface area contributed by atoms with Crippen molar-refractivity contribution in [3.8, 4) is 0 Å². The number of halogens is 1. The zero-order chi connectivity index (χ0) is 13.3. The topological polar surface area (TPSA) is 89.3 Å². The van der Waals surface area contributed by atoms with Crippen molar-refractivity contribution in [3.63, 3.8) is 0 Å². The largest absolute Gasteiger partial charge is 0.381 e. The van der Waals surface area contributed by atoms with Crippen molar-refractivity contribution < 1.29 is 13.3 Å². The van der Waals surface area contributed by atoms with E-state index in [-0.39, 0.29) is 28.3 Å². The molecule has 1 heterocycles. The number of hydrogen-bond acceptors (Lipinski definition) is 5. The summed E-state index contributed by atoms with van der Waals surface area (Å²) in [6, 6.07) is 4.13. The highest BCUT2D eigenvalue weighted by atomic mass is 35.5. The maximum atomic E-state index is 11.3. The highest BCUT2D eigenvalue weighted by molar-refractivity contribution is 7.91. The fraction of sp³-hybridized carbons (Fsp3) is 0.400. The van der Waals surface area contributed by atoms with Crippen LogP contribution in [0.3, 0.4) is 0 Å². The number of anilines is 1. The van der Waals surface area contributed by atoms with Crippen LogP contribution in [0.5, 0.6) is 0 Å². The molecule has 1 unspecified atom stereocenters. The zero-order valence-corrected chi connectivity index (χ0v) is 10.9. The molecule has 98 valence electrons. The van der Waals surface area contributed by atoms with Gasteiger partial charge in [-0.15, -0.1) is 0 Å². The Hall–Kier alpha value is -1.34. The van der Waals surface area contributed by atoms with Crippen LogP contribution in [0, 0.1) is 10.1 Å². The van der Waals surface area contributed by atoms with Gasteiger partial charge in [0.15, 0.2) is 9.84 Å². The van der Waals surface area contributed by atoms with E-state index in [9.17, 15) is 18.5 Å². The standard InChI is InChI=1S/C10H11ClN2O4S/c11-9-2-1-7(5-10(9)13(14)15)12-8-3-4-18(16,17)6-8/h1-2,5,8,12H,3-4,6H2. The van der Waals surface area contributed by atoms with E-state index in [1.54, 1.807) is 6.07 Å². The summed E-state index contributed by atoms with van der Waals surface area (Å²) in [5, 5.41) is 13.7. The quantitative estimate of drug-likeness (QED) is 0.678. The molecule has 1 aromatic rings. The van der Waals surface area contributed by atoms with Gasteiger partial charge in [-0.1, -0.05) is 11.6 Å². The molecule has 6 nitrogen and oxygen atoms in total. The fourth-order valence-corrected chi connectivity index (χ4v) is 3.75. The molecule has 0 aliphatic carbocycles. The third-order valence-electron chi connectivity index (χ3n) is 2.75. The van der Waals surface area contributed by atoms with Crippen molar-refractivity contribution in [2.75, 3.05) is 16.8 Å². The average molecular weight is 291 g/mol. The van der Waals surface area contributed by atoms with Crippen LogP contribution in [-0.4, -0.2) is 30.9 Å². The van der Waals surface area contributed by atoms with Gasteiger partial charge in [-0.2, -0.15) is 0 Å². The Bertz CT molecular complexity index is 588. The SMILES string of the molecule is O=[N+]([O-])c1cc(NC2CCS(=O)(=O)C2)ccc1Cl. The van der Waals surface area contributed by atoms with Crippen LogP contribution in [0.2, 0.25) is 5.02 Å². The molecule has 1 aromatic carbocycles. The van der Waals surface area contributed by atoms with E-state index in [1.165, 1.54) is 12.1 Å². The van der Waals surface area contributed by atoms with Gasteiger partial charge in [-0.3, -0.25) is 10.1 Å². The minimum atomic E-state index is -2.97. The maximum Gasteiger partial charge on any atom is 0.289 e. The Kier molecular flexibility index (Phi) is 3.45. The molecule has 0 bridgehead atoms. The van der Waals surface area contributed by atoms with E-state index in [0.29, 0.717) is 12.1 Å². The van der Waals surface area contributed by atoms with E-state index in [1.807, 2.05) is 0 Å². The molecule has 1 aliphatic heterocycles. The third-order valence-corrected chi connectivity index (χ3v) is 4.83. The first-order chi connectivity index (χ1) is 8.37. The normalized spacial score (nSPS) is 21.7. The summed E-state index contributed by atoms with van der Waals surface area (Å²) in [5.41, 5.74) is 0.315. The van der Waals surface area contributed by atoms with Crippen molar-refractivity contribution in [2.45, 2.75) is 12.5 Å². The molecule has 0 aromatic heterocycles. The Labute approximate surface area is 109 Å². The van der Waals surface area contributed by atoms with Gasteiger partial charge in [0.1, 0.15) is 5.02 Å². The fourth-order valence-electron chi connectivity index (χ4n) is 1.89. The van der Waals surface area contributed by atoms with Crippen molar-refractivity contribution in [1.29, 1.82) is 0 Å². The average Bonchev–Trinajstić information content (AvgIpc) is 2.60. The summed E-state index contributed by atoms with van der Waals surface area (Å²) in [7, 11) is -2.97. The van der Waals surface area contributed by atoms with Crippen LogP contribution < -0.4 is 5.32 Å². The zero-order valence-electron chi connectivity index (χ0n) is 9.30. The first kappa shape index (κ1) is 13.1. The number of nitro benzene ring substituents is 1. The second-order valence-corrected chi connectivity index (χ2v) is 6.80. The summed E-state index contributed by atoms with van der Waals surface area (Å²) in [6.45, 7) is 0. The summed E-state index contributed by atoms with van der Waals surface area (Å²) in [5.74, 6) is 0.212. The maximum absolute atomic E-state index is 11.3. The molecule has 1 N–H and O–H groups in total. The van der Waals surface area contributed by atoms with Gasteiger partial charge < -0.3 is 5.32 Å². The highest BCUT2D eigenvalue weighted by Gasteiger charge is 2.28. The lowest BCUT2D eigenvalue weighted by Gasteiger charge is -2.12. The molecule has 1 atom stereocenters. The Balaban J connectivity index is 2.16. The molecule has 0 saturated carbocycles. The second kappa shape index (κ2) is 4.74. The number of hydrogen-bond donors (Lipinski definition) is 1. The van der Waals surface area contributed by atoms with Gasteiger partial charge in [-0.25, -0.2) is 8.42 Å². The summed E-state index contributed by atoms with van der Waals surface area (Å²) in [4.78, 5) is 10.1. The van der Waals surface area contributed by atoms with Gasteiger partial charge >= 0.3 is 0 Å². The Morgan fingerprint density at radius 3 is 2.72 bits per heavy atom. The molecule has 0 radical (unpaired) electrons. The number of nitrogens with one attached hydrogen (secondary N) is 1. The van der Waals surface area contributed by atoms with E-state index in [2.05, 4.69) is 5.32 Å². The van der Waals surface area contributed by atoms with Gasteiger partial charge in [0.05, 0.1) is 16.4 Å². The minimum Gasteiger partial charge on any atom is -0.381 e. The second-order valence-electron chi connectivity index (χ2n) is 4.17. The molecule has 1 aliphatic rings. The van der Waals surface area contributed by atoms with E-state index >= 15 is 0 Å². The third kappa shape index (κ3) is 2.91. The lowest BCUT2D eigenvalue weighted by Crippen LogP contribution is -2.20. The predicted octanol–water partition coefficient (Wildman–Crippen LogP) is 1.85. The van der Waals surface area contributed by atoms with Crippen LogP contribution >= 0.6 is 11.6 Å². The van der Waals surface area contributed by atoms with E-state index < -0.39 is 14.8 Å². The van der Waals surface area contributed by atoms with Crippen molar-refractivity contribution in [3.05, 3.63) is 33.3 Å². The summed E-state index contributed by atoms with van der Waals surface area (Å²) in [6.07, 6.45) is 0.513. The van der Waals surface area contributed by atoms with Crippen molar-refractivity contribution >= 4 is 32.8 Å². The number of benzene rings is 1. The lowest BCUT2D eigenvalue weighted by atomic mass is 10.2. The molecule has 8 heteroatoms. The Morgan fingerprint density at radius 2 is 2.17 bits per heavy atom. The molecule has 1 fully saturated rings. The van der Waals surface area contributed by atoms with Crippen LogP contribution in [0.4, 0.5) is 11.4 Å². The van der Waals surface area contributed by atoms with E-state index in [4.69, 9.17) is 11.6 Å². The first-order valence-corrected chi connectivity index (χ1v) is 7.48. The van der Waals surface area contributed by atoms with Crippen LogP contribution in [0.25, 0.3) is 0 Å².